The van der Waals surface area contributed by atoms with Crippen LogP contribution in [0.3, 0.4) is 0 Å². The fourth-order valence-corrected chi connectivity index (χ4v) is 3.90. The van der Waals surface area contributed by atoms with Crippen LogP contribution in [-0.4, -0.2) is 27.9 Å². The molecule has 138 valence electrons. The van der Waals surface area contributed by atoms with Gasteiger partial charge in [-0.15, -0.1) is 0 Å². The summed E-state index contributed by atoms with van der Waals surface area (Å²) in [7, 11) is 0. The van der Waals surface area contributed by atoms with E-state index in [1.165, 1.54) is 6.26 Å². The monoisotopic (exact) mass is 383 g/mol. The first-order valence-electron chi connectivity index (χ1n) is 8.69. The molecule has 0 radical (unpaired) electrons. The number of pyridine rings is 1. The van der Waals surface area contributed by atoms with Gasteiger partial charge in [0.15, 0.2) is 10.9 Å². The average Bonchev–Trinajstić information content (AvgIpc) is 3.43. The minimum Gasteiger partial charge on any atom is -0.463 e. The Morgan fingerprint density at radius 2 is 2.04 bits per heavy atom. The molecule has 4 rings (SSSR count). The number of ketones is 1. The number of nitrogens with zero attached hydrogens (tertiary/aromatic N) is 2. The molecule has 0 atom stereocenters. The van der Waals surface area contributed by atoms with Gasteiger partial charge in [-0.3, -0.25) is 15.1 Å². The van der Waals surface area contributed by atoms with Crippen molar-refractivity contribution in [2.24, 2.45) is 0 Å². The van der Waals surface area contributed by atoms with E-state index in [0.29, 0.717) is 22.0 Å². The number of hydrogen-bond acceptors (Lipinski definition) is 7. The van der Waals surface area contributed by atoms with Gasteiger partial charge in [0.25, 0.3) is 0 Å². The van der Waals surface area contributed by atoms with Crippen molar-refractivity contribution in [3.05, 3.63) is 53.4 Å². The van der Waals surface area contributed by atoms with Crippen LogP contribution in [0.4, 0.5) is 9.93 Å². The molecule has 3 aromatic rings. The van der Waals surface area contributed by atoms with E-state index in [0.717, 1.165) is 37.0 Å². The second-order valence-corrected chi connectivity index (χ2v) is 7.15. The number of carbonyl (C=O) groups is 2. The molecule has 0 spiro atoms. The third-order valence-corrected chi connectivity index (χ3v) is 5.24. The number of hydrogen-bond donors (Lipinski definition) is 1. The Bertz CT molecular complexity index is 931. The van der Waals surface area contributed by atoms with Crippen molar-refractivity contribution in [1.29, 1.82) is 0 Å². The molecule has 1 amide bonds. The van der Waals surface area contributed by atoms with Crippen LogP contribution in [0.25, 0.3) is 11.5 Å². The molecule has 27 heavy (non-hydrogen) atoms. The fraction of sp³-hybridized carbons (Fsp3) is 0.263. The molecule has 0 saturated heterocycles. The second kappa shape index (κ2) is 7.71. The summed E-state index contributed by atoms with van der Waals surface area (Å²) in [4.78, 5) is 33.8. The summed E-state index contributed by atoms with van der Waals surface area (Å²) in [6.07, 6.45) is 6.35. The maximum atomic E-state index is 12.9. The highest BCUT2D eigenvalue weighted by atomic mass is 32.1. The number of furan rings is 1. The maximum absolute atomic E-state index is 12.9. The Labute approximate surface area is 159 Å². The lowest BCUT2D eigenvalue weighted by molar-refractivity contribution is 0.103. The highest BCUT2D eigenvalue weighted by molar-refractivity contribution is 7.18. The first-order valence-corrected chi connectivity index (χ1v) is 9.50. The lowest BCUT2D eigenvalue weighted by Gasteiger charge is -2.10. The van der Waals surface area contributed by atoms with Gasteiger partial charge in [-0.2, -0.15) is 0 Å². The molecule has 7 nitrogen and oxygen atoms in total. The summed E-state index contributed by atoms with van der Waals surface area (Å²) >= 11 is 1.07. The minimum absolute atomic E-state index is 0.0517. The molecule has 1 fully saturated rings. The lowest BCUT2D eigenvalue weighted by Crippen LogP contribution is -2.19. The molecule has 1 aliphatic rings. The molecule has 0 aliphatic heterocycles. The van der Waals surface area contributed by atoms with Crippen molar-refractivity contribution in [1.82, 2.24) is 9.97 Å². The van der Waals surface area contributed by atoms with Crippen LogP contribution >= 0.6 is 11.3 Å². The summed E-state index contributed by atoms with van der Waals surface area (Å²) in [6, 6.07) is 8.54. The summed E-state index contributed by atoms with van der Waals surface area (Å²) in [5.74, 6) is 0.166. The summed E-state index contributed by atoms with van der Waals surface area (Å²) in [5, 5.41) is 2.91. The van der Waals surface area contributed by atoms with E-state index < -0.39 is 6.09 Å². The van der Waals surface area contributed by atoms with Crippen molar-refractivity contribution in [2.45, 2.75) is 31.8 Å². The van der Waals surface area contributed by atoms with Gasteiger partial charge in [0, 0.05) is 6.20 Å². The SMILES string of the molecule is O=C(Nc1nc(-c2ccco2)c(C(=O)c2ccccn2)s1)OC1CCCC1. The second-order valence-electron chi connectivity index (χ2n) is 6.15. The number of amides is 1. The van der Waals surface area contributed by atoms with Gasteiger partial charge >= 0.3 is 6.09 Å². The molecule has 1 aliphatic carbocycles. The number of thiazole rings is 1. The lowest BCUT2D eigenvalue weighted by atomic mass is 10.1. The standard InChI is InChI=1S/C19H17N3O4S/c23-16(13-8-3-4-10-20-13)17-15(14-9-5-11-25-14)21-18(27-17)22-19(24)26-12-6-1-2-7-12/h3-5,8-12H,1-2,6-7H2,(H,21,22,24). The average molecular weight is 383 g/mol. The number of rotatable bonds is 5. The summed E-state index contributed by atoms with van der Waals surface area (Å²) in [6.45, 7) is 0. The quantitative estimate of drug-likeness (QED) is 0.651. The van der Waals surface area contributed by atoms with E-state index >= 15 is 0 Å². The van der Waals surface area contributed by atoms with E-state index in [1.54, 1.807) is 36.5 Å². The molecule has 3 heterocycles. The van der Waals surface area contributed by atoms with Crippen LogP contribution in [-0.2, 0) is 4.74 Å². The van der Waals surface area contributed by atoms with Gasteiger partial charge in [-0.1, -0.05) is 17.4 Å². The summed E-state index contributed by atoms with van der Waals surface area (Å²) < 4.78 is 10.8. The van der Waals surface area contributed by atoms with Crippen molar-refractivity contribution in [3.8, 4) is 11.5 Å². The van der Waals surface area contributed by atoms with Gasteiger partial charge < -0.3 is 9.15 Å². The van der Waals surface area contributed by atoms with Crippen LogP contribution in [0.5, 0.6) is 0 Å². The third-order valence-electron chi connectivity index (χ3n) is 4.27. The molecule has 1 saturated carbocycles. The predicted molar refractivity (Wildman–Crippen MR) is 99.8 cm³/mol. The number of carbonyl (C=O) groups excluding carboxylic acids is 2. The van der Waals surface area contributed by atoms with Gasteiger partial charge in [0.1, 0.15) is 22.4 Å². The molecule has 0 aromatic carbocycles. The van der Waals surface area contributed by atoms with Gasteiger partial charge in [0.05, 0.1) is 6.26 Å². The topological polar surface area (TPSA) is 94.3 Å². The summed E-state index contributed by atoms with van der Waals surface area (Å²) in [5.41, 5.74) is 0.672. The highest BCUT2D eigenvalue weighted by Crippen LogP contribution is 2.33. The van der Waals surface area contributed by atoms with Crippen molar-refractivity contribution >= 4 is 28.3 Å². The van der Waals surface area contributed by atoms with Crippen LogP contribution in [0, 0.1) is 0 Å². The first-order chi connectivity index (χ1) is 13.2. The zero-order valence-electron chi connectivity index (χ0n) is 14.4. The first kappa shape index (κ1) is 17.4. The Kier molecular flexibility index (Phi) is 4.97. The van der Waals surface area contributed by atoms with Crippen LogP contribution in [0.2, 0.25) is 0 Å². The van der Waals surface area contributed by atoms with E-state index in [4.69, 9.17) is 9.15 Å². The highest BCUT2D eigenvalue weighted by Gasteiger charge is 2.25. The Hall–Kier alpha value is -3.00. The Morgan fingerprint density at radius 3 is 2.74 bits per heavy atom. The normalized spacial score (nSPS) is 14.2. The molecule has 0 bridgehead atoms. The van der Waals surface area contributed by atoms with E-state index in [1.807, 2.05) is 0 Å². The van der Waals surface area contributed by atoms with E-state index in [9.17, 15) is 9.59 Å². The van der Waals surface area contributed by atoms with E-state index in [-0.39, 0.29) is 17.0 Å². The van der Waals surface area contributed by atoms with Gasteiger partial charge in [-0.05, 0) is 49.9 Å². The van der Waals surface area contributed by atoms with Crippen molar-refractivity contribution in [3.63, 3.8) is 0 Å². The number of nitrogens with one attached hydrogen (secondary N) is 1. The number of ether oxygens (including phenoxy) is 1. The minimum atomic E-state index is -0.557. The molecule has 1 N–H and O–H groups in total. The van der Waals surface area contributed by atoms with Crippen LogP contribution < -0.4 is 5.32 Å². The number of aromatic nitrogens is 2. The van der Waals surface area contributed by atoms with Gasteiger partial charge in [0.2, 0.25) is 5.78 Å². The molecular formula is C19H17N3O4S. The largest absolute Gasteiger partial charge is 0.463 e. The van der Waals surface area contributed by atoms with E-state index in [2.05, 4.69) is 15.3 Å². The number of anilines is 1. The van der Waals surface area contributed by atoms with Crippen molar-refractivity contribution < 1.29 is 18.7 Å². The molecule has 3 aromatic heterocycles. The van der Waals surface area contributed by atoms with Crippen LogP contribution in [0.1, 0.15) is 41.0 Å². The zero-order valence-corrected chi connectivity index (χ0v) is 15.2. The predicted octanol–water partition coefficient (Wildman–Crippen LogP) is 4.52. The molecular weight excluding hydrogens is 366 g/mol. The van der Waals surface area contributed by atoms with Crippen LogP contribution in [0.15, 0.2) is 47.2 Å². The Morgan fingerprint density at radius 1 is 1.19 bits per heavy atom. The maximum Gasteiger partial charge on any atom is 0.413 e. The smallest absolute Gasteiger partial charge is 0.413 e. The molecule has 8 heteroatoms. The Balaban J connectivity index is 1.60. The fourth-order valence-electron chi connectivity index (χ4n) is 3.00. The third kappa shape index (κ3) is 3.90. The van der Waals surface area contributed by atoms with Crippen molar-refractivity contribution in [2.75, 3.05) is 5.32 Å². The van der Waals surface area contributed by atoms with Gasteiger partial charge in [-0.25, -0.2) is 9.78 Å². The molecule has 0 unspecified atom stereocenters. The zero-order chi connectivity index (χ0) is 18.6.